The molecule has 1 aromatic heterocycles. The van der Waals surface area contributed by atoms with Crippen LogP contribution in [-0.2, 0) is 11.2 Å². The third-order valence-electron chi connectivity index (χ3n) is 4.09. The van der Waals surface area contributed by atoms with Gasteiger partial charge in [-0.15, -0.1) is 0 Å². The minimum absolute atomic E-state index is 0.0558. The monoisotopic (exact) mass is 348 g/mol. The molecule has 0 saturated carbocycles. The maximum Gasteiger partial charge on any atom is 0.224 e. The molecule has 1 amide bonds. The molecular weight excluding hydrogens is 324 g/mol. The van der Waals surface area contributed by atoms with E-state index in [2.05, 4.69) is 5.32 Å². The van der Waals surface area contributed by atoms with Crippen molar-refractivity contribution in [2.24, 2.45) is 0 Å². The summed E-state index contributed by atoms with van der Waals surface area (Å²) in [4.78, 5) is 26.9. The van der Waals surface area contributed by atoms with Gasteiger partial charge in [0.2, 0.25) is 5.91 Å². The van der Waals surface area contributed by atoms with Gasteiger partial charge in [0.25, 0.3) is 0 Å². The topological polar surface area (TPSA) is 92.0 Å². The zero-order valence-electron chi connectivity index (χ0n) is 15.2. The number of benzene rings is 1. The van der Waals surface area contributed by atoms with Crippen molar-refractivity contribution in [3.8, 4) is 11.5 Å². The first-order valence-electron chi connectivity index (χ1n) is 8.00. The van der Waals surface area contributed by atoms with Crippen LogP contribution in [0.4, 0.5) is 0 Å². The van der Waals surface area contributed by atoms with Crippen LogP contribution in [0.3, 0.4) is 0 Å². The lowest BCUT2D eigenvalue weighted by Gasteiger charge is -2.13. The lowest BCUT2D eigenvalue weighted by molar-refractivity contribution is -0.120. The highest BCUT2D eigenvalue weighted by Crippen LogP contribution is 2.35. The summed E-state index contributed by atoms with van der Waals surface area (Å²) in [6.07, 6.45) is -0.0558. The summed E-state index contributed by atoms with van der Waals surface area (Å²) in [5.41, 5.74) is 0.749. The number of fused-ring (bicyclic) bond motifs is 1. The summed E-state index contributed by atoms with van der Waals surface area (Å²) in [6.45, 7) is 4.51. The highest BCUT2D eigenvalue weighted by molar-refractivity contribution is 5.86. The van der Waals surface area contributed by atoms with Crippen molar-refractivity contribution in [2.45, 2.75) is 20.3 Å². The summed E-state index contributed by atoms with van der Waals surface area (Å²) in [7, 11) is 5.24. The number of phenols is 1. The molecule has 0 aliphatic rings. The zero-order chi connectivity index (χ0) is 18.7. The van der Waals surface area contributed by atoms with Gasteiger partial charge in [0.1, 0.15) is 11.3 Å². The number of amides is 1. The fourth-order valence-electron chi connectivity index (χ4n) is 2.60. The van der Waals surface area contributed by atoms with Crippen LogP contribution in [0.5, 0.6) is 11.5 Å². The van der Waals surface area contributed by atoms with Gasteiger partial charge in [-0.25, -0.2) is 0 Å². The number of nitrogens with zero attached hydrogens (tertiary/aromatic N) is 1. The number of hydrogen-bond acceptors (Lipinski definition) is 6. The SMILES string of the molecule is COc1cc2c(=O)c(CC(=O)NCCN(C)C)c(C)oc2c(C)c1O. The number of ether oxygens (including phenoxy) is 1. The molecule has 0 radical (unpaired) electrons. The van der Waals surface area contributed by atoms with E-state index in [4.69, 9.17) is 9.15 Å². The first-order chi connectivity index (χ1) is 11.8. The zero-order valence-corrected chi connectivity index (χ0v) is 15.2. The molecule has 1 heterocycles. The fourth-order valence-corrected chi connectivity index (χ4v) is 2.60. The molecule has 0 aliphatic carbocycles. The number of nitrogens with one attached hydrogen (secondary N) is 1. The number of carbonyl (C=O) groups is 1. The van der Waals surface area contributed by atoms with Crippen molar-refractivity contribution < 1.29 is 19.1 Å². The lowest BCUT2D eigenvalue weighted by Crippen LogP contribution is -2.33. The van der Waals surface area contributed by atoms with Gasteiger partial charge < -0.3 is 24.5 Å². The molecule has 25 heavy (non-hydrogen) atoms. The fraction of sp³-hybridized carbons (Fsp3) is 0.444. The van der Waals surface area contributed by atoms with Crippen molar-refractivity contribution >= 4 is 16.9 Å². The third-order valence-corrected chi connectivity index (χ3v) is 4.09. The Morgan fingerprint density at radius 2 is 2.04 bits per heavy atom. The van der Waals surface area contributed by atoms with Gasteiger partial charge in [-0.2, -0.15) is 0 Å². The first kappa shape index (κ1) is 18.8. The molecule has 2 aromatic rings. The number of likely N-dealkylation sites (N-methyl/N-ethyl adjacent to an activating group) is 1. The minimum atomic E-state index is -0.289. The van der Waals surface area contributed by atoms with Crippen LogP contribution in [0.25, 0.3) is 11.0 Å². The predicted octanol–water partition coefficient (Wildman–Crippen LogP) is 1.34. The Morgan fingerprint density at radius 3 is 2.64 bits per heavy atom. The molecule has 2 rings (SSSR count). The molecule has 7 heteroatoms. The van der Waals surface area contributed by atoms with Gasteiger partial charge in [0.15, 0.2) is 16.9 Å². The van der Waals surface area contributed by atoms with E-state index in [9.17, 15) is 14.7 Å². The highest BCUT2D eigenvalue weighted by atomic mass is 16.5. The second-order valence-electron chi connectivity index (χ2n) is 6.23. The lowest BCUT2D eigenvalue weighted by atomic mass is 10.0. The second kappa shape index (κ2) is 7.57. The van der Waals surface area contributed by atoms with Crippen LogP contribution >= 0.6 is 0 Å². The average Bonchev–Trinajstić information content (AvgIpc) is 2.55. The van der Waals surface area contributed by atoms with Crippen LogP contribution in [0.1, 0.15) is 16.9 Å². The summed E-state index contributed by atoms with van der Waals surface area (Å²) in [6, 6.07) is 1.44. The molecule has 0 spiro atoms. The maximum absolute atomic E-state index is 12.8. The Morgan fingerprint density at radius 1 is 1.36 bits per heavy atom. The molecule has 2 N–H and O–H groups in total. The van der Waals surface area contributed by atoms with E-state index < -0.39 is 0 Å². The molecule has 0 aliphatic heterocycles. The smallest absolute Gasteiger partial charge is 0.224 e. The number of rotatable bonds is 6. The molecular formula is C18H24N2O5. The Hall–Kier alpha value is -2.54. The Labute approximate surface area is 146 Å². The van der Waals surface area contributed by atoms with Gasteiger partial charge in [0, 0.05) is 24.2 Å². The molecule has 0 saturated heterocycles. The highest BCUT2D eigenvalue weighted by Gasteiger charge is 2.19. The number of methoxy groups -OCH3 is 1. The Kier molecular flexibility index (Phi) is 5.69. The van der Waals surface area contributed by atoms with E-state index in [0.29, 0.717) is 35.6 Å². The summed E-state index contributed by atoms with van der Waals surface area (Å²) >= 11 is 0. The van der Waals surface area contributed by atoms with Gasteiger partial charge in [-0.1, -0.05) is 0 Å². The summed E-state index contributed by atoms with van der Waals surface area (Å²) in [5, 5.41) is 13.1. The predicted molar refractivity (Wildman–Crippen MR) is 95.4 cm³/mol. The van der Waals surface area contributed by atoms with E-state index in [0.717, 1.165) is 0 Å². The van der Waals surface area contributed by atoms with Crippen LogP contribution in [0.2, 0.25) is 0 Å². The van der Waals surface area contributed by atoms with E-state index in [1.165, 1.54) is 13.2 Å². The molecule has 0 bridgehead atoms. The number of hydrogen-bond donors (Lipinski definition) is 2. The molecule has 0 fully saturated rings. The molecule has 0 atom stereocenters. The van der Waals surface area contributed by atoms with E-state index in [1.807, 2.05) is 19.0 Å². The standard InChI is InChI=1S/C18H24N2O5/c1-10-16(22)14(24-5)8-13-17(23)12(11(2)25-18(10)13)9-15(21)19-6-7-20(3)4/h8,22H,6-7,9H2,1-5H3,(H,19,21). The van der Waals surface area contributed by atoms with Gasteiger partial charge in [-0.3, -0.25) is 9.59 Å². The number of phenolic OH excluding ortho intramolecular Hbond substituents is 1. The Balaban J connectivity index is 2.40. The summed E-state index contributed by atoms with van der Waals surface area (Å²) < 4.78 is 10.8. The average molecular weight is 348 g/mol. The number of aryl methyl sites for hydroxylation is 2. The van der Waals surface area contributed by atoms with Crippen LogP contribution < -0.4 is 15.5 Å². The molecule has 7 nitrogen and oxygen atoms in total. The van der Waals surface area contributed by atoms with Gasteiger partial charge in [-0.05, 0) is 34.0 Å². The maximum atomic E-state index is 12.8. The van der Waals surface area contributed by atoms with Crippen molar-refractivity contribution in [1.82, 2.24) is 10.2 Å². The summed E-state index contributed by atoms with van der Waals surface area (Å²) in [5.74, 6) is 0.265. The van der Waals surface area contributed by atoms with Crippen molar-refractivity contribution in [3.05, 3.63) is 33.2 Å². The van der Waals surface area contributed by atoms with E-state index in [-0.39, 0.29) is 34.6 Å². The van der Waals surface area contributed by atoms with Crippen LogP contribution in [0.15, 0.2) is 15.3 Å². The number of carbonyl (C=O) groups excluding carboxylic acids is 1. The Bertz CT molecular complexity index is 855. The second-order valence-corrected chi connectivity index (χ2v) is 6.23. The van der Waals surface area contributed by atoms with Gasteiger partial charge >= 0.3 is 0 Å². The van der Waals surface area contributed by atoms with Gasteiger partial charge in [0.05, 0.1) is 18.9 Å². The van der Waals surface area contributed by atoms with E-state index >= 15 is 0 Å². The van der Waals surface area contributed by atoms with Crippen molar-refractivity contribution in [3.63, 3.8) is 0 Å². The quantitative estimate of drug-likeness (QED) is 0.819. The normalized spacial score (nSPS) is 11.1. The number of aromatic hydroxyl groups is 1. The minimum Gasteiger partial charge on any atom is -0.504 e. The first-order valence-corrected chi connectivity index (χ1v) is 8.00. The van der Waals surface area contributed by atoms with Crippen LogP contribution in [-0.4, -0.2) is 50.2 Å². The largest absolute Gasteiger partial charge is 0.504 e. The molecule has 136 valence electrons. The van der Waals surface area contributed by atoms with Crippen molar-refractivity contribution in [1.29, 1.82) is 0 Å². The third kappa shape index (κ3) is 3.93. The van der Waals surface area contributed by atoms with Crippen LogP contribution in [0, 0.1) is 13.8 Å². The van der Waals surface area contributed by atoms with E-state index in [1.54, 1.807) is 13.8 Å². The van der Waals surface area contributed by atoms with Crippen molar-refractivity contribution in [2.75, 3.05) is 34.3 Å². The molecule has 1 aromatic carbocycles. The molecule has 0 unspecified atom stereocenters.